The number of para-hydroxylation sites is 1. The van der Waals surface area contributed by atoms with Gasteiger partial charge in [0.2, 0.25) is 0 Å². The Labute approximate surface area is 143 Å². The Balaban J connectivity index is 1.61. The molecule has 1 amide bonds. The minimum atomic E-state index is -0.669. The van der Waals surface area contributed by atoms with E-state index in [1.165, 1.54) is 16.8 Å². The summed E-state index contributed by atoms with van der Waals surface area (Å²) in [6.07, 6.45) is -0.669. The molecule has 0 saturated carbocycles. The third kappa shape index (κ3) is 4.17. The molecule has 0 spiro atoms. The molecule has 128 valence electrons. The number of hydrogen-bond acceptors (Lipinski definition) is 5. The van der Waals surface area contributed by atoms with Crippen LogP contribution in [0.2, 0.25) is 0 Å². The first-order chi connectivity index (χ1) is 12.1. The van der Waals surface area contributed by atoms with E-state index in [9.17, 15) is 9.18 Å². The number of halogens is 1. The number of hydrogen-bond donors (Lipinski definition) is 1. The van der Waals surface area contributed by atoms with Gasteiger partial charge in [-0.25, -0.2) is 4.39 Å². The third-order valence-electron chi connectivity index (χ3n) is 3.45. The highest BCUT2D eigenvalue weighted by molar-refractivity contribution is 5.80. The minimum absolute atomic E-state index is 0.117. The number of nitrogens with one attached hydrogen (secondary N) is 1. The number of tetrazole rings is 1. The number of nitrogens with zero attached hydrogens (tertiary/aromatic N) is 4. The minimum Gasteiger partial charge on any atom is -0.481 e. The van der Waals surface area contributed by atoms with Gasteiger partial charge in [0.25, 0.3) is 5.91 Å². The second-order valence-corrected chi connectivity index (χ2v) is 5.27. The maximum absolute atomic E-state index is 13.0. The van der Waals surface area contributed by atoms with Gasteiger partial charge in [0.1, 0.15) is 11.6 Å². The molecule has 0 aliphatic carbocycles. The summed E-state index contributed by atoms with van der Waals surface area (Å²) >= 11 is 0. The summed E-state index contributed by atoms with van der Waals surface area (Å²) in [5.74, 6) is 0.393. The molecule has 0 aliphatic rings. The lowest BCUT2D eigenvalue weighted by molar-refractivity contribution is -0.127. The molecule has 2 aromatic carbocycles. The van der Waals surface area contributed by atoms with E-state index in [0.717, 1.165) is 0 Å². The first-order valence-electron chi connectivity index (χ1n) is 7.66. The molecular formula is C17H16FN5O2. The predicted molar refractivity (Wildman–Crippen MR) is 87.5 cm³/mol. The van der Waals surface area contributed by atoms with E-state index in [1.54, 1.807) is 31.2 Å². The molecule has 0 unspecified atom stereocenters. The van der Waals surface area contributed by atoms with E-state index in [0.29, 0.717) is 17.3 Å². The van der Waals surface area contributed by atoms with Crippen molar-refractivity contribution in [1.29, 1.82) is 0 Å². The number of carbonyl (C=O) groups excluding carboxylic acids is 1. The van der Waals surface area contributed by atoms with Crippen molar-refractivity contribution in [2.24, 2.45) is 0 Å². The van der Waals surface area contributed by atoms with E-state index in [2.05, 4.69) is 20.8 Å². The van der Waals surface area contributed by atoms with Crippen molar-refractivity contribution >= 4 is 5.91 Å². The van der Waals surface area contributed by atoms with E-state index >= 15 is 0 Å². The largest absolute Gasteiger partial charge is 0.481 e. The monoisotopic (exact) mass is 341 g/mol. The van der Waals surface area contributed by atoms with Crippen LogP contribution in [0.5, 0.6) is 5.75 Å². The molecule has 25 heavy (non-hydrogen) atoms. The summed E-state index contributed by atoms with van der Waals surface area (Å²) in [6, 6.07) is 14.8. The Hall–Kier alpha value is -3.29. The Bertz CT molecular complexity index is 836. The summed E-state index contributed by atoms with van der Waals surface area (Å²) in [7, 11) is 0. The zero-order valence-corrected chi connectivity index (χ0v) is 13.5. The van der Waals surface area contributed by atoms with Crippen LogP contribution in [0.15, 0.2) is 54.6 Å². The van der Waals surface area contributed by atoms with Gasteiger partial charge < -0.3 is 10.1 Å². The first-order valence-corrected chi connectivity index (χ1v) is 7.66. The molecular weight excluding hydrogens is 325 g/mol. The van der Waals surface area contributed by atoms with Crippen LogP contribution in [0.3, 0.4) is 0 Å². The zero-order valence-electron chi connectivity index (χ0n) is 13.5. The highest BCUT2D eigenvalue weighted by Gasteiger charge is 2.16. The summed E-state index contributed by atoms with van der Waals surface area (Å²) in [4.78, 5) is 12.2. The Morgan fingerprint density at radius 3 is 2.64 bits per heavy atom. The van der Waals surface area contributed by atoms with Crippen LogP contribution in [0.1, 0.15) is 12.7 Å². The third-order valence-corrected chi connectivity index (χ3v) is 3.45. The molecule has 8 heteroatoms. The smallest absolute Gasteiger partial charge is 0.261 e. The second kappa shape index (κ2) is 7.52. The van der Waals surface area contributed by atoms with Gasteiger partial charge in [0.15, 0.2) is 11.9 Å². The highest BCUT2D eigenvalue weighted by Crippen LogP contribution is 2.11. The standard InChI is InChI=1S/C17H16FN5O2/c1-12(25-15-5-3-2-4-6-15)17(24)19-11-16-20-21-22-23(16)14-9-7-13(18)8-10-14/h2-10,12H,11H2,1H3,(H,19,24)/t12-/m0/s1. The Kier molecular flexibility index (Phi) is 4.98. The molecule has 0 saturated heterocycles. The fourth-order valence-electron chi connectivity index (χ4n) is 2.17. The first kappa shape index (κ1) is 16.6. The number of aromatic nitrogens is 4. The fraction of sp³-hybridized carbons (Fsp3) is 0.176. The Morgan fingerprint density at radius 2 is 1.92 bits per heavy atom. The van der Waals surface area contributed by atoms with Crippen LogP contribution < -0.4 is 10.1 Å². The zero-order chi connectivity index (χ0) is 17.6. The summed E-state index contributed by atoms with van der Waals surface area (Å²) in [5.41, 5.74) is 0.601. The molecule has 7 nitrogen and oxygen atoms in total. The van der Waals surface area contributed by atoms with Crippen LogP contribution >= 0.6 is 0 Å². The summed E-state index contributed by atoms with van der Waals surface area (Å²) in [6.45, 7) is 1.77. The molecule has 0 bridgehead atoms. The lowest BCUT2D eigenvalue weighted by Crippen LogP contribution is -2.36. The molecule has 1 heterocycles. The topological polar surface area (TPSA) is 81.9 Å². The quantitative estimate of drug-likeness (QED) is 0.740. The van der Waals surface area contributed by atoms with Crippen molar-refractivity contribution in [1.82, 2.24) is 25.5 Å². The van der Waals surface area contributed by atoms with Gasteiger partial charge in [-0.05, 0) is 53.7 Å². The van der Waals surface area contributed by atoms with Gasteiger partial charge in [0.05, 0.1) is 12.2 Å². The van der Waals surface area contributed by atoms with Crippen molar-refractivity contribution < 1.29 is 13.9 Å². The normalized spacial score (nSPS) is 11.8. The van der Waals surface area contributed by atoms with Gasteiger partial charge >= 0.3 is 0 Å². The van der Waals surface area contributed by atoms with Crippen molar-refractivity contribution in [3.63, 3.8) is 0 Å². The van der Waals surface area contributed by atoms with Crippen LogP contribution in [-0.4, -0.2) is 32.2 Å². The number of amides is 1. The van der Waals surface area contributed by atoms with Crippen LogP contribution in [0, 0.1) is 5.82 Å². The SMILES string of the molecule is C[C@H](Oc1ccccc1)C(=O)NCc1nnnn1-c1ccc(F)cc1. The Morgan fingerprint density at radius 1 is 1.20 bits per heavy atom. The maximum atomic E-state index is 13.0. The number of benzene rings is 2. The van der Waals surface area contributed by atoms with Gasteiger partial charge in [-0.3, -0.25) is 4.79 Å². The lowest BCUT2D eigenvalue weighted by Gasteiger charge is -2.14. The van der Waals surface area contributed by atoms with Gasteiger partial charge in [-0.1, -0.05) is 18.2 Å². The van der Waals surface area contributed by atoms with Crippen LogP contribution in [0.25, 0.3) is 5.69 Å². The lowest BCUT2D eigenvalue weighted by atomic mass is 10.3. The fourth-order valence-corrected chi connectivity index (χ4v) is 2.17. The molecule has 3 aromatic rings. The van der Waals surface area contributed by atoms with Gasteiger partial charge in [-0.15, -0.1) is 5.10 Å². The molecule has 3 rings (SSSR count). The summed E-state index contributed by atoms with van der Waals surface area (Å²) < 4.78 is 20.0. The molecule has 0 aliphatic heterocycles. The van der Waals surface area contributed by atoms with E-state index in [-0.39, 0.29) is 18.3 Å². The van der Waals surface area contributed by atoms with E-state index < -0.39 is 6.10 Å². The van der Waals surface area contributed by atoms with E-state index in [4.69, 9.17) is 4.74 Å². The number of carbonyl (C=O) groups is 1. The molecule has 1 aromatic heterocycles. The second-order valence-electron chi connectivity index (χ2n) is 5.27. The number of rotatable bonds is 6. The predicted octanol–water partition coefficient (Wildman–Crippen LogP) is 1.89. The average molecular weight is 341 g/mol. The van der Waals surface area contributed by atoms with E-state index in [1.807, 2.05) is 18.2 Å². The van der Waals surface area contributed by atoms with Crippen LogP contribution in [-0.2, 0) is 11.3 Å². The number of ether oxygens (including phenoxy) is 1. The molecule has 0 radical (unpaired) electrons. The maximum Gasteiger partial charge on any atom is 0.261 e. The van der Waals surface area contributed by atoms with Gasteiger partial charge in [0, 0.05) is 0 Å². The molecule has 1 atom stereocenters. The van der Waals surface area contributed by atoms with Crippen molar-refractivity contribution in [3.05, 3.63) is 66.2 Å². The molecule has 0 fully saturated rings. The van der Waals surface area contributed by atoms with Gasteiger partial charge in [-0.2, -0.15) is 4.68 Å². The van der Waals surface area contributed by atoms with Crippen molar-refractivity contribution in [3.8, 4) is 11.4 Å². The van der Waals surface area contributed by atoms with Crippen molar-refractivity contribution in [2.45, 2.75) is 19.6 Å². The van der Waals surface area contributed by atoms with Crippen molar-refractivity contribution in [2.75, 3.05) is 0 Å². The average Bonchev–Trinajstić information content (AvgIpc) is 3.09. The van der Waals surface area contributed by atoms with Crippen LogP contribution in [0.4, 0.5) is 4.39 Å². The highest BCUT2D eigenvalue weighted by atomic mass is 19.1. The summed E-state index contributed by atoms with van der Waals surface area (Å²) in [5, 5.41) is 14.1. The molecule has 1 N–H and O–H groups in total.